The maximum absolute atomic E-state index is 12.4. The van der Waals surface area contributed by atoms with Gasteiger partial charge in [-0.05, 0) is 53.6 Å². The molecule has 0 heterocycles. The number of hydrogen-bond acceptors (Lipinski definition) is 1. The van der Waals surface area contributed by atoms with Crippen molar-refractivity contribution in [2.45, 2.75) is 18.9 Å². The van der Waals surface area contributed by atoms with Gasteiger partial charge in [-0.25, -0.2) is 0 Å². The molecule has 0 unspecified atom stereocenters. The summed E-state index contributed by atoms with van der Waals surface area (Å²) in [5.41, 5.74) is 0.714. The molecule has 0 radical (unpaired) electrons. The highest BCUT2D eigenvalue weighted by molar-refractivity contribution is 14.1. The van der Waals surface area contributed by atoms with Crippen molar-refractivity contribution in [3.05, 3.63) is 32.4 Å². The Hall–Kier alpha value is 0.190. The van der Waals surface area contributed by atoms with E-state index in [2.05, 4.69) is 38.5 Å². The predicted octanol–water partition coefficient (Wildman–Crippen LogP) is 3.94. The van der Waals surface area contributed by atoms with E-state index < -0.39 is 0 Å². The number of carbonyl (C=O) groups is 1. The van der Waals surface area contributed by atoms with E-state index in [-0.39, 0.29) is 5.91 Å². The summed E-state index contributed by atoms with van der Waals surface area (Å²) in [5.74, 6) is 0.0962. The molecule has 1 aliphatic rings. The molecule has 0 spiro atoms. The highest BCUT2D eigenvalue weighted by Gasteiger charge is 2.33. The van der Waals surface area contributed by atoms with Gasteiger partial charge in [0.15, 0.2) is 0 Å². The highest BCUT2D eigenvalue weighted by atomic mass is 127. The van der Waals surface area contributed by atoms with Gasteiger partial charge in [0.05, 0.1) is 5.56 Å². The molecule has 1 saturated carbocycles. The van der Waals surface area contributed by atoms with Gasteiger partial charge in [0, 0.05) is 26.5 Å². The highest BCUT2D eigenvalue weighted by Crippen LogP contribution is 2.29. The molecular weight excluding hydrogens is 416 g/mol. The first-order valence-electron chi connectivity index (χ1n) is 5.45. The minimum atomic E-state index is 0.0962. The fourth-order valence-corrected chi connectivity index (χ4v) is 2.86. The number of hydrogen-bond donors (Lipinski definition) is 0. The summed E-state index contributed by atoms with van der Waals surface area (Å²) < 4.78 is 0.956. The lowest BCUT2D eigenvalue weighted by Crippen LogP contribution is -2.35. The number of alkyl halides is 1. The van der Waals surface area contributed by atoms with Crippen LogP contribution in [-0.4, -0.2) is 28.7 Å². The fourth-order valence-electron chi connectivity index (χ4n) is 1.74. The lowest BCUT2D eigenvalue weighted by Gasteiger charge is -2.22. The largest absolute Gasteiger partial charge is 0.335 e. The van der Waals surface area contributed by atoms with Crippen molar-refractivity contribution in [3.8, 4) is 0 Å². The van der Waals surface area contributed by atoms with Gasteiger partial charge in [-0.2, -0.15) is 0 Å². The van der Waals surface area contributed by atoms with Gasteiger partial charge in [-0.1, -0.05) is 27.5 Å². The zero-order chi connectivity index (χ0) is 12.4. The molecule has 92 valence electrons. The molecule has 1 aromatic carbocycles. The number of carbonyl (C=O) groups excluding carboxylic acids is 1. The van der Waals surface area contributed by atoms with Gasteiger partial charge in [0.2, 0.25) is 0 Å². The van der Waals surface area contributed by atoms with Crippen LogP contribution in [0.25, 0.3) is 0 Å². The van der Waals surface area contributed by atoms with Crippen molar-refractivity contribution in [1.82, 2.24) is 4.90 Å². The molecule has 1 amide bonds. The molecule has 1 aromatic rings. The van der Waals surface area contributed by atoms with E-state index >= 15 is 0 Å². The van der Waals surface area contributed by atoms with E-state index in [9.17, 15) is 4.79 Å². The third kappa shape index (κ3) is 3.35. The molecule has 5 heteroatoms. The van der Waals surface area contributed by atoms with Crippen molar-refractivity contribution in [2.24, 2.45) is 0 Å². The standard InChI is InChI=1S/C12H12BrClINO/c13-5-6-16(9-2-3-9)12(17)10-7-8(14)1-4-11(10)15/h1,4,7,9H,2-3,5-6H2. The Morgan fingerprint density at radius 1 is 1.53 bits per heavy atom. The summed E-state index contributed by atoms with van der Waals surface area (Å²) in [6.07, 6.45) is 2.24. The van der Waals surface area contributed by atoms with Gasteiger partial charge < -0.3 is 4.90 Å². The van der Waals surface area contributed by atoms with E-state index in [0.717, 1.165) is 28.3 Å². The van der Waals surface area contributed by atoms with Crippen LogP contribution in [0.1, 0.15) is 23.2 Å². The second-order valence-electron chi connectivity index (χ2n) is 4.04. The number of amides is 1. The summed E-state index contributed by atoms with van der Waals surface area (Å²) in [7, 11) is 0. The average molecular weight is 428 g/mol. The van der Waals surface area contributed by atoms with Gasteiger partial charge in [0.25, 0.3) is 5.91 Å². The number of nitrogens with zero attached hydrogens (tertiary/aromatic N) is 1. The zero-order valence-electron chi connectivity index (χ0n) is 9.13. The van der Waals surface area contributed by atoms with E-state index in [4.69, 9.17) is 11.6 Å². The van der Waals surface area contributed by atoms with Crippen molar-refractivity contribution >= 4 is 56.0 Å². The van der Waals surface area contributed by atoms with Crippen LogP contribution >= 0.6 is 50.1 Å². The first-order valence-corrected chi connectivity index (χ1v) is 8.03. The van der Waals surface area contributed by atoms with E-state index in [1.807, 2.05) is 17.0 Å². The maximum atomic E-state index is 12.4. The second-order valence-corrected chi connectivity index (χ2v) is 6.43. The summed E-state index contributed by atoms with van der Waals surface area (Å²) in [5, 5.41) is 1.43. The average Bonchev–Trinajstić information content (AvgIpc) is 3.12. The van der Waals surface area contributed by atoms with E-state index in [1.165, 1.54) is 0 Å². The van der Waals surface area contributed by atoms with Crippen molar-refractivity contribution < 1.29 is 4.79 Å². The molecule has 2 nitrogen and oxygen atoms in total. The Balaban J connectivity index is 2.24. The van der Waals surface area contributed by atoms with Crippen LogP contribution in [0.3, 0.4) is 0 Å². The van der Waals surface area contributed by atoms with Gasteiger partial charge in [-0.3, -0.25) is 4.79 Å². The lowest BCUT2D eigenvalue weighted by molar-refractivity contribution is 0.0753. The summed E-state index contributed by atoms with van der Waals surface area (Å²) >= 11 is 11.5. The quantitative estimate of drug-likeness (QED) is 0.526. The van der Waals surface area contributed by atoms with Crippen molar-refractivity contribution in [3.63, 3.8) is 0 Å². The first-order chi connectivity index (χ1) is 8.13. The molecule has 0 saturated heterocycles. The molecular formula is C12H12BrClINO. The molecule has 0 aliphatic heterocycles. The molecule has 1 aliphatic carbocycles. The van der Waals surface area contributed by atoms with Crippen molar-refractivity contribution in [1.29, 1.82) is 0 Å². The monoisotopic (exact) mass is 427 g/mol. The number of halogens is 3. The van der Waals surface area contributed by atoms with Crippen LogP contribution in [0.2, 0.25) is 5.02 Å². The fraction of sp³-hybridized carbons (Fsp3) is 0.417. The Morgan fingerprint density at radius 3 is 2.82 bits per heavy atom. The van der Waals surface area contributed by atoms with Crippen LogP contribution in [-0.2, 0) is 0 Å². The summed E-state index contributed by atoms with van der Waals surface area (Å²) in [6, 6.07) is 5.88. The molecule has 0 N–H and O–H groups in total. The van der Waals surface area contributed by atoms with Crippen LogP contribution in [0.5, 0.6) is 0 Å². The first kappa shape index (κ1) is 13.6. The topological polar surface area (TPSA) is 20.3 Å². The summed E-state index contributed by atoms with van der Waals surface area (Å²) in [4.78, 5) is 14.4. The van der Waals surface area contributed by atoms with E-state index in [0.29, 0.717) is 16.6 Å². The maximum Gasteiger partial charge on any atom is 0.255 e. The van der Waals surface area contributed by atoms with Crippen LogP contribution in [0.4, 0.5) is 0 Å². The summed E-state index contributed by atoms with van der Waals surface area (Å²) in [6.45, 7) is 0.756. The third-order valence-corrected chi connectivity index (χ3v) is 4.26. The van der Waals surface area contributed by atoms with Crippen molar-refractivity contribution in [2.75, 3.05) is 11.9 Å². The second kappa shape index (κ2) is 5.89. The van der Waals surface area contributed by atoms with Gasteiger partial charge in [-0.15, -0.1) is 0 Å². The molecule has 0 aromatic heterocycles. The molecule has 0 bridgehead atoms. The molecule has 2 rings (SSSR count). The van der Waals surface area contributed by atoms with E-state index in [1.54, 1.807) is 6.07 Å². The van der Waals surface area contributed by atoms with Gasteiger partial charge >= 0.3 is 0 Å². The van der Waals surface area contributed by atoms with Crippen LogP contribution < -0.4 is 0 Å². The molecule has 1 fully saturated rings. The molecule has 0 atom stereocenters. The molecule has 17 heavy (non-hydrogen) atoms. The Kier molecular flexibility index (Phi) is 4.72. The Labute approximate surface area is 128 Å². The van der Waals surface area contributed by atoms with Crippen LogP contribution in [0.15, 0.2) is 18.2 Å². The normalized spacial score (nSPS) is 14.8. The smallest absolute Gasteiger partial charge is 0.255 e. The predicted molar refractivity (Wildman–Crippen MR) is 82.0 cm³/mol. The van der Waals surface area contributed by atoms with Gasteiger partial charge in [0.1, 0.15) is 0 Å². The SMILES string of the molecule is O=C(c1cc(Cl)ccc1I)N(CCBr)C1CC1. The minimum Gasteiger partial charge on any atom is -0.335 e. The lowest BCUT2D eigenvalue weighted by atomic mass is 10.2. The Morgan fingerprint density at radius 2 is 2.24 bits per heavy atom. The number of benzene rings is 1. The third-order valence-electron chi connectivity index (χ3n) is 2.73. The number of rotatable bonds is 4. The Bertz CT molecular complexity index is 437. The van der Waals surface area contributed by atoms with Crippen LogP contribution in [0, 0.1) is 3.57 Å². The zero-order valence-corrected chi connectivity index (χ0v) is 13.6. The minimum absolute atomic E-state index is 0.0962.